The Labute approximate surface area is 141 Å². The molecule has 1 N–H and O–H groups in total. The number of benzene rings is 1. The molecule has 1 aromatic carbocycles. The lowest BCUT2D eigenvalue weighted by atomic mass is 9.88. The van der Waals surface area contributed by atoms with Gasteiger partial charge in [0.2, 0.25) is 0 Å². The molecule has 7 nitrogen and oxygen atoms in total. The average molecular weight is 337 g/mol. The lowest BCUT2D eigenvalue weighted by molar-refractivity contribution is -0.151. The SMILES string of the molecule is COCCOc1cccc(C(=O)N2CCC(COC)(C(=O)O)C2)c1. The molecule has 1 aromatic rings. The van der Waals surface area contributed by atoms with E-state index in [1.54, 1.807) is 36.3 Å². The summed E-state index contributed by atoms with van der Waals surface area (Å²) in [7, 11) is 3.06. The number of amides is 1. The lowest BCUT2D eigenvalue weighted by Gasteiger charge is -2.24. The third kappa shape index (κ3) is 4.04. The van der Waals surface area contributed by atoms with Crippen molar-refractivity contribution >= 4 is 11.9 Å². The second kappa shape index (κ2) is 8.12. The van der Waals surface area contributed by atoms with Crippen LogP contribution in [0.2, 0.25) is 0 Å². The van der Waals surface area contributed by atoms with E-state index in [1.165, 1.54) is 7.11 Å². The minimum atomic E-state index is -1.03. The summed E-state index contributed by atoms with van der Waals surface area (Å²) >= 11 is 0. The van der Waals surface area contributed by atoms with Crippen LogP contribution in [0.5, 0.6) is 5.75 Å². The molecule has 1 saturated heterocycles. The molecule has 132 valence electrons. The van der Waals surface area contributed by atoms with E-state index in [0.717, 1.165) is 0 Å². The van der Waals surface area contributed by atoms with Gasteiger partial charge in [0, 0.05) is 32.9 Å². The van der Waals surface area contributed by atoms with Crippen LogP contribution in [-0.2, 0) is 14.3 Å². The van der Waals surface area contributed by atoms with Gasteiger partial charge in [0.05, 0.1) is 13.2 Å². The summed E-state index contributed by atoms with van der Waals surface area (Å²) in [6.07, 6.45) is 0.381. The highest BCUT2D eigenvalue weighted by atomic mass is 16.5. The quantitative estimate of drug-likeness (QED) is 0.719. The van der Waals surface area contributed by atoms with Crippen LogP contribution in [0, 0.1) is 5.41 Å². The van der Waals surface area contributed by atoms with E-state index in [9.17, 15) is 14.7 Å². The number of hydrogen-bond donors (Lipinski definition) is 1. The number of aliphatic carboxylic acids is 1. The van der Waals surface area contributed by atoms with Gasteiger partial charge in [0.1, 0.15) is 17.8 Å². The maximum atomic E-state index is 12.7. The summed E-state index contributed by atoms with van der Waals surface area (Å²) in [6, 6.07) is 6.87. The monoisotopic (exact) mass is 337 g/mol. The van der Waals surface area contributed by atoms with Crippen molar-refractivity contribution in [1.29, 1.82) is 0 Å². The van der Waals surface area contributed by atoms with Crippen LogP contribution in [0.25, 0.3) is 0 Å². The molecule has 1 aliphatic heterocycles. The third-order valence-corrected chi connectivity index (χ3v) is 4.15. The Kier molecular flexibility index (Phi) is 6.16. The maximum Gasteiger partial charge on any atom is 0.313 e. The minimum Gasteiger partial charge on any atom is -0.491 e. The number of carbonyl (C=O) groups is 2. The predicted octanol–water partition coefficient (Wildman–Crippen LogP) is 1.28. The molecule has 0 aliphatic carbocycles. The Morgan fingerprint density at radius 1 is 1.25 bits per heavy atom. The molecule has 2 rings (SSSR count). The summed E-state index contributed by atoms with van der Waals surface area (Å²) < 4.78 is 15.5. The summed E-state index contributed by atoms with van der Waals surface area (Å²) in [6.45, 7) is 1.48. The van der Waals surface area contributed by atoms with Gasteiger partial charge >= 0.3 is 5.97 Å². The zero-order valence-corrected chi connectivity index (χ0v) is 14.0. The molecule has 0 bridgehead atoms. The van der Waals surface area contributed by atoms with Crippen LogP contribution >= 0.6 is 0 Å². The standard InChI is InChI=1S/C17H23NO6/c1-22-8-9-24-14-5-3-4-13(10-14)15(19)18-7-6-17(11-18,12-23-2)16(20)21/h3-5,10H,6-9,11-12H2,1-2H3,(H,20,21). The smallest absolute Gasteiger partial charge is 0.313 e. The fourth-order valence-electron chi connectivity index (χ4n) is 2.82. The second-order valence-electron chi connectivity index (χ2n) is 5.86. The van der Waals surface area contributed by atoms with E-state index in [-0.39, 0.29) is 19.1 Å². The number of carboxylic acid groups (broad SMARTS) is 1. The van der Waals surface area contributed by atoms with Crippen molar-refractivity contribution in [3.63, 3.8) is 0 Å². The summed E-state index contributed by atoms with van der Waals surface area (Å²) in [5, 5.41) is 9.48. The molecule has 1 atom stereocenters. The number of methoxy groups -OCH3 is 2. The Balaban J connectivity index is 2.07. The van der Waals surface area contributed by atoms with Gasteiger partial charge in [-0.15, -0.1) is 0 Å². The first-order valence-corrected chi connectivity index (χ1v) is 7.76. The molecule has 1 fully saturated rings. The molecule has 0 radical (unpaired) electrons. The van der Waals surface area contributed by atoms with Crippen molar-refractivity contribution in [3.05, 3.63) is 29.8 Å². The van der Waals surface area contributed by atoms with Gasteiger partial charge in [-0.05, 0) is 24.6 Å². The molecule has 1 heterocycles. The van der Waals surface area contributed by atoms with Crippen LogP contribution in [-0.4, -0.2) is 69.0 Å². The van der Waals surface area contributed by atoms with Crippen LogP contribution in [0.15, 0.2) is 24.3 Å². The summed E-state index contributed by atoms with van der Waals surface area (Å²) in [5.41, 5.74) is -0.555. The van der Waals surface area contributed by atoms with E-state index in [1.807, 2.05) is 0 Å². The highest BCUT2D eigenvalue weighted by Gasteiger charge is 2.46. The number of ether oxygens (including phenoxy) is 3. The van der Waals surface area contributed by atoms with Crippen LogP contribution < -0.4 is 4.74 Å². The van der Waals surface area contributed by atoms with E-state index in [0.29, 0.717) is 37.5 Å². The fraction of sp³-hybridized carbons (Fsp3) is 0.529. The molecular weight excluding hydrogens is 314 g/mol. The van der Waals surface area contributed by atoms with Gasteiger partial charge in [0.15, 0.2) is 0 Å². The highest BCUT2D eigenvalue weighted by Crippen LogP contribution is 2.32. The minimum absolute atomic E-state index is 0.0896. The number of carboxylic acids is 1. The maximum absolute atomic E-state index is 12.7. The van der Waals surface area contributed by atoms with Gasteiger partial charge in [-0.2, -0.15) is 0 Å². The number of likely N-dealkylation sites (tertiary alicyclic amines) is 1. The first kappa shape index (κ1) is 18.2. The molecule has 0 saturated carbocycles. The molecule has 7 heteroatoms. The Morgan fingerprint density at radius 3 is 2.71 bits per heavy atom. The van der Waals surface area contributed by atoms with Crippen molar-refractivity contribution < 1.29 is 28.9 Å². The topological polar surface area (TPSA) is 85.3 Å². The molecule has 0 spiro atoms. The first-order chi connectivity index (χ1) is 11.5. The highest BCUT2D eigenvalue weighted by molar-refractivity contribution is 5.95. The van der Waals surface area contributed by atoms with E-state index >= 15 is 0 Å². The number of carbonyl (C=O) groups excluding carboxylic acids is 1. The number of rotatable bonds is 8. The van der Waals surface area contributed by atoms with Gasteiger partial charge < -0.3 is 24.2 Å². The van der Waals surface area contributed by atoms with Gasteiger partial charge in [0.25, 0.3) is 5.91 Å². The zero-order chi connectivity index (χ0) is 17.6. The Morgan fingerprint density at radius 2 is 2.04 bits per heavy atom. The summed E-state index contributed by atoms with van der Waals surface area (Å²) in [5.74, 6) is -0.554. The zero-order valence-electron chi connectivity index (χ0n) is 14.0. The second-order valence-corrected chi connectivity index (χ2v) is 5.86. The van der Waals surface area contributed by atoms with Crippen molar-refractivity contribution in [2.75, 3.05) is 47.1 Å². The number of nitrogens with zero attached hydrogens (tertiary/aromatic N) is 1. The Hall–Kier alpha value is -2.12. The van der Waals surface area contributed by atoms with E-state index in [2.05, 4.69) is 0 Å². The Bertz CT molecular complexity index is 590. The first-order valence-electron chi connectivity index (χ1n) is 7.76. The third-order valence-electron chi connectivity index (χ3n) is 4.15. The van der Waals surface area contributed by atoms with Crippen molar-refractivity contribution in [1.82, 2.24) is 4.90 Å². The van der Waals surface area contributed by atoms with E-state index in [4.69, 9.17) is 14.2 Å². The van der Waals surface area contributed by atoms with Crippen LogP contribution in [0.4, 0.5) is 0 Å². The molecule has 1 unspecified atom stereocenters. The molecule has 1 aliphatic rings. The fourth-order valence-corrected chi connectivity index (χ4v) is 2.82. The molecule has 0 aromatic heterocycles. The van der Waals surface area contributed by atoms with Gasteiger partial charge in [-0.1, -0.05) is 6.07 Å². The predicted molar refractivity (Wildman–Crippen MR) is 86.3 cm³/mol. The van der Waals surface area contributed by atoms with Gasteiger partial charge in [-0.3, -0.25) is 9.59 Å². The summed E-state index contributed by atoms with van der Waals surface area (Å²) in [4.78, 5) is 25.8. The largest absolute Gasteiger partial charge is 0.491 e. The van der Waals surface area contributed by atoms with Crippen molar-refractivity contribution in [3.8, 4) is 5.75 Å². The number of hydrogen-bond acceptors (Lipinski definition) is 5. The lowest BCUT2D eigenvalue weighted by Crippen LogP contribution is -2.40. The average Bonchev–Trinajstić information content (AvgIpc) is 3.01. The van der Waals surface area contributed by atoms with Crippen molar-refractivity contribution in [2.45, 2.75) is 6.42 Å². The molecular formula is C17H23NO6. The van der Waals surface area contributed by atoms with Crippen molar-refractivity contribution in [2.24, 2.45) is 5.41 Å². The van der Waals surface area contributed by atoms with Gasteiger partial charge in [-0.25, -0.2) is 0 Å². The van der Waals surface area contributed by atoms with E-state index < -0.39 is 11.4 Å². The molecule has 1 amide bonds. The van der Waals surface area contributed by atoms with Crippen LogP contribution in [0.1, 0.15) is 16.8 Å². The normalized spacial score (nSPS) is 20.2. The van der Waals surface area contributed by atoms with Crippen LogP contribution in [0.3, 0.4) is 0 Å². The molecule has 24 heavy (non-hydrogen) atoms.